The Labute approximate surface area is 166 Å². The van der Waals surface area contributed by atoms with Crippen LogP contribution >= 0.6 is 11.3 Å². The van der Waals surface area contributed by atoms with Gasteiger partial charge in [0, 0.05) is 11.3 Å². The highest BCUT2D eigenvalue weighted by atomic mass is 32.1. The van der Waals surface area contributed by atoms with Gasteiger partial charge in [0.1, 0.15) is 10.8 Å². The topological polar surface area (TPSA) is 81.4 Å². The van der Waals surface area contributed by atoms with Crippen molar-refractivity contribution in [3.05, 3.63) is 59.4 Å². The second-order valence-corrected chi connectivity index (χ2v) is 7.42. The first-order valence-electron chi connectivity index (χ1n) is 8.79. The molecule has 0 fully saturated rings. The van der Waals surface area contributed by atoms with Crippen LogP contribution in [0.15, 0.2) is 42.5 Å². The van der Waals surface area contributed by atoms with Crippen molar-refractivity contribution in [3.8, 4) is 16.3 Å². The van der Waals surface area contributed by atoms with Crippen LogP contribution in [0, 0.1) is 20.8 Å². The molecule has 4 rings (SSSR count). The van der Waals surface area contributed by atoms with Gasteiger partial charge < -0.3 is 10.1 Å². The fourth-order valence-corrected chi connectivity index (χ4v) is 3.64. The Bertz CT molecular complexity index is 1150. The largest absolute Gasteiger partial charge is 0.483 e. The standard InChI is InChI=1S/C20H19N5O2S/c1-12-5-4-6-17(13(12)2)27-11-18(26)21-16-9-7-15(8-10-16)19-24-25-14(3)22-23-20(25)28-19/h4-10H,11H2,1-3H3,(H,21,26). The number of aryl methyl sites for hydroxylation is 2. The summed E-state index contributed by atoms with van der Waals surface area (Å²) in [6, 6.07) is 13.3. The van der Waals surface area contributed by atoms with Crippen LogP contribution in [0.25, 0.3) is 15.5 Å². The third-order valence-corrected chi connectivity index (χ3v) is 5.42. The zero-order chi connectivity index (χ0) is 19.7. The Kier molecular flexibility index (Phi) is 4.79. The van der Waals surface area contributed by atoms with E-state index in [2.05, 4.69) is 20.6 Å². The van der Waals surface area contributed by atoms with Gasteiger partial charge in [-0.15, -0.1) is 10.2 Å². The van der Waals surface area contributed by atoms with E-state index in [-0.39, 0.29) is 12.5 Å². The van der Waals surface area contributed by atoms with Crippen LogP contribution in [-0.4, -0.2) is 32.3 Å². The molecule has 1 amide bonds. The summed E-state index contributed by atoms with van der Waals surface area (Å²) < 4.78 is 7.37. The van der Waals surface area contributed by atoms with Gasteiger partial charge in [-0.05, 0) is 62.2 Å². The highest BCUT2D eigenvalue weighted by molar-refractivity contribution is 7.19. The lowest BCUT2D eigenvalue weighted by Gasteiger charge is -2.11. The van der Waals surface area contributed by atoms with Crippen LogP contribution < -0.4 is 10.1 Å². The molecule has 0 saturated carbocycles. The van der Waals surface area contributed by atoms with Crippen molar-refractivity contribution in [1.29, 1.82) is 0 Å². The number of amides is 1. The van der Waals surface area contributed by atoms with Crippen molar-refractivity contribution in [2.75, 3.05) is 11.9 Å². The van der Waals surface area contributed by atoms with Gasteiger partial charge in [0.05, 0.1) is 0 Å². The second kappa shape index (κ2) is 7.40. The van der Waals surface area contributed by atoms with E-state index < -0.39 is 0 Å². The van der Waals surface area contributed by atoms with E-state index in [0.717, 1.165) is 38.2 Å². The molecule has 0 aliphatic heterocycles. The van der Waals surface area contributed by atoms with E-state index in [9.17, 15) is 4.79 Å². The van der Waals surface area contributed by atoms with E-state index in [1.807, 2.05) is 63.2 Å². The first-order valence-corrected chi connectivity index (χ1v) is 9.61. The lowest BCUT2D eigenvalue weighted by atomic mass is 10.1. The number of benzene rings is 2. The molecule has 0 aliphatic rings. The Morgan fingerprint density at radius 1 is 1.11 bits per heavy atom. The minimum Gasteiger partial charge on any atom is -0.483 e. The summed E-state index contributed by atoms with van der Waals surface area (Å²) in [6.07, 6.45) is 0. The maximum Gasteiger partial charge on any atom is 0.262 e. The van der Waals surface area contributed by atoms with Crippen LogP contribution in [0.5, 0.6) is 5.75 Å². The summed E-state index contributed by atoms with van der Waals surface area (Å²) in [6.45, 7) is 5.82. The summed E-state index contributed by atoms with van der Waals surface area (Å²) in [5, 5.41) is 16.3. The molecule has 8 heteroatoms. The van der Waals surface area contributed by atoms with E-state index in [0.29, 0.717) is 5.69 Å². The van der Waals surface area contributed by atoms with Gasteiger partial charge in [-0.1, -0.05) is 23.5 Å². The molecule has 0 spiro atoms. The van der Waals surface area contributed by atoms with Crippen LogP contribution in [-0.2, 0) is 4.79 Å². The summed E-state index contributed by atoms with van der Waals surface area (Å²) >= 11 is 1.47. The van der Waals surface area contributed by atoms with E-state index in [1.54, 1.807) is 4.52 Å². The first-order chi connectivity index (χ1) is 13.5. The smallest absolute Gasteiger partial charge is 0.262 e. The number of nitrogens with one attached hydrogen (secondary N) is 1. The lowest BCUT2D eigenvalue weighted by molar-refractivity contribution is -0.118. The number of anilines is 1. The van der Waals surface area contributed by atoms with Crippen LogP contribution in [0.4, 0.5) is 5.69 Å². The third kappa shape index (κ3) is 3.59. The van der Waals surface area contributed by atoms with Crippen molar-refractivity contribution < 1.29 is 9.53 Å². The minimum atomic E-state index is -0.205. The van der Waals surface area contributed by atoms with Gasteiger partial charge in [-0.3, -0.25) is 4.79 Å². The molecule has 28 heavy (non-hydrogen) atoms. The number of ether oxygens (including phenoxy) is 1. The fraction of sp³-hybridized carbons (Fsp3) is 0.200. The normalized spacial score (nSPS) is 11.0. The monoisotopic (exact) mass is 393 g/mol. The Morgan fingerprint density at radius 3 is 2.64 bits per heavy atom. The number of hydrogen-bond acceptors (Lipinski definition) is 6. The van der Waals surface area contributed by atoms with Gasteiger partial charge in [0.25, 0.3) is 5.91 Å². The zero-order valence-electron chi connectivity index (χ0n) is 15.8. The Hall–Kier alpha value is -3.26. The minimum absolute atomic E-state index is 0.0397. The number of rotatable bonds is 5. The Balaban J connectivity index is 1.39. The SMILES string of the molecule is Cc1cccc(OCC(=O)Nc2ccc(-c3nn4c(C)nnc4s3)cc2)c1C. The molecular formula is C20H19N5O2S. The van der Waals surface area contributed by atoms with Crippen LogP contribution in [0.3, 0.4) is 0 Å². The first kappa shape index (κ1) is 18.1. The summed E-state index contributed by atoms with van der Waals surface area (Å²) in [5.74, 6) is 1.28. The quantitative estimate of drug-likeness (QED) is 0.558. The number of nitrogens with zero attached hydrogens (tertiary/aromatic N) is 4. The molecule has 2 aromatic heterocycles. The van der Waals surface area contributed by atoms with E-state index in [1.165, 1.54) is 11.3 Å². The third-order valence-electron chi connectivity index (χ3n) is 4.48. The molecule has 0 aliphatic carbocycles. The predicted molar refractivity (Wildman–Crippen MR) is 109 cm³/mol. The predicted octanol–water partition coefficient (Wildman–Crippen LogP) is 3.80. The summed E-state index contributed by atoms with van der Waals surface area (Å²) in [5.41, 5.74) is 3.84. The number of carbonyl (C=O) groups excluding carboxylic acids is 1. The second-order valence-electron chi connectivity index (χ2n) is 6.46. The average Bonchev–Trinajstić information content (AvgIpc) is 3.26. The molecule has 4 aromatic rings. The summed E-state index contributed by atoms with van der Waals surface area (Å²) in [7, 11) is 0. The zero-order valence-corrected chi connectivity index (χ0v) is 16.6. The van der Waals surface area contributed by atoms with Crippen LogP contribution in [0.1, 0.15) is 17.0 Å². The molecule has 0 atom stereocenters. The van der Waals surface area contributed by atoms with Gasteiger partial charge in [0.2, 0.25) is 4.96 Å². The highest BCUT2D eigenvalue weighted by Gasteiger charge is 2.11. The van der Waals surface area contributed by atoms with Crippen molar-refractivity contribution in [2.45, 2.75) is 20.8 Å². The van der Waals surface area contributed by atoms with Gasteiger partial charge >= 0.3 is 0 Å². The molecule has 0 saturated heterocycles. The molecule has 0 unspecified atom stereocenters. The molecule has 0 radical (unpaired) electrons. The number of aromatic nitrogens is 4. The summed E-state index contributed by atoms with van der Waals surface area (Å²) in [4.78, 5) is 13.0. The fourth-order valence-electron chi connectivity index (χ4n) is 2.75. The van der Waals surface area contributed by atoms with Crippen molar-refractivity contribution in [2.24, 2.45) is 0 Å². The number of hydrogen-bond donors (Lipinski definition) is 1. The maximum atomic E-state index is 12.2. The molecule has 7 nitrogen and oxygen atoms in total. The molecular weight excluding hydrogens is 374 g/mol. The molecule has 2 aromatic carbocycles. The lowest BCUT2D eigenvalue weighted by Crippen LogP contribution is -2.20. The van der Waals surface area contributed by atoms with E-state index >= 15 is 0 Å². The van der Waals surface area contributed by atoms with Crippen molar-refractivity contribution >= 4 is 27.9 Å². The van der Waals surface area contributed by atoms with E-state index in [4.69, 9.17) is 4.74 Å². The molecule has 2 heterocycles. The highest BCUT2D eigenvalue weighted by Crippen LogP contribution is 2.26. The molecule has 0 bridgehead atoms. The molecule has 1 N–H and O–H groups in total. The average molecular weight is 393 g/mol. The number of carbonyl (C=O) groups is 1. The van der Waals surface area contributed by atoms with Gasteiger partial charge in [-0.2, -0.15) is 9.61 Å². The van der Waals surface area contributed by atoms with Crippen molar-refractivity contribution in [1.82, 2.24) is 19.8 Å². The maximum absolute atomic E-state index is 12.2. The van der Waals surface area contributed by atoms with Crippen LogP contribution in [0.2, 0.25) is 0 Å². The van der Waals surface area contributed by atoms with Gasteiger partial charge in [0.15, 0.2) is 12.4 Å². The van der Waals surface area contributed by atoms with Gasteiger partial charge in [-0.25, -0.2) is 0 Å². The molecule has 142 valence electrons. The van der Waals surface area contributed by atoms with Crippen molar-refractivity contribution in [3.63, 3.8) is 0 Å². The Morgan fingerprint density at radius 2 is 1.89 bits per heavy atom. The number of fused-ring (bicyclic) bond motifs is 1.